The van der Waals surface area contributed by atoms with Crippen LogP contribution in [0.3, 0.4) is 0 Å². The van der Waals surface area contributed by atoms with Crippen molar-refractivity contribution in [2.45, 2.75) is 52.3 Å². The quantitative estimate of drug-likeness (QED) is 0.932. The van der Waals surface area contributed by atoms with Gasteiger partial charge in [0, 0.05) is 37.9 Å². The molecule has 1 aliphatic rings. The predicted molar refractivity (Wildman–Crippen MR) is 83.4 cm³/mol. The summed E-state index contributed by atoms with van der Waals surface area (Å²) >= 11 is 0. The number of aromatic nitrogens is 1. The van der Waals surface area contributed by atoms with Crippen molar-refractivity contribution >= 4 is 12.0 Å². The molecule has 1 aliphatic heterocycles. The van der Waals surface area contributed by atoms with E-state index < -0.39 is 11.7 Å². The number of carbonyl (C=O) groups is 2. The van der Waals surface area contributed by atoms with Gasteiger partial charge in [-0.3, -0.25) is 4.79 Å². The summed E-state index contributed by atoms with van der Waals surface area (Å²) in [6, 6.07) is 4.12. The van der Waals surface area contributed by atoms with Crippen molar-refractivity contribution in [2.75, 3.05) is 13.1 Å². The third-order valence-electron chi connectivity index (χ3n) is 3.67. The van der Waals surface area contributed by atoms with Gasteiger partial charge in [-0.2, -0.15) is 0 Å². The normalized spacial score (nSPS) is 17.8. The summed E-state index contributed by atoms with van der Waals surface area (Å²) in [5.74, 6) is 0.0519. The summed E-state index contributed by atoms with van der Waals surface area (Å²) in [5, 5.41) is 2.62. The molecule has 1 atom stereocenters. The van der Waals surface area contributed by atoms with Crippen LogP contribution < -0.4 is 5.32 Å². The van der Waals surface area contributed by atoms with E-state index in [9.17, 15) is 9.59 Å². The molecule has 6 nitrogen and oxygen atoms in total. The highest BCUT2D eigenvalue weighted by Crippen LogP contribution is 2.25. The van der Waals surface area contributed by atoms with Crippen LogP contribution in [0.1, 0.15) is 45.9 Å². The molecule has 0 unspecified atom stereocenters. The van der Waals surface area contributed by atoms with E-state index in [0.29, 0.717) is 6.54 Å². The Morgan fingerprint density at radius 3 is 2.77 bits per heavy atom. The zero-order chi connectivity index (χ0) is 16.3. The van der Waals surface area contributed by atoms with Crippen LogP contribution in [0.25, 0.3) is 0 Å². The topological polar surface area (TPSA) is 63.6 Å². The Morgan fingerprint density at radius 2 is 2.09 bits per heavy atom. The van der Waals surface area contributed by atoms with E-state index in [-0.39, 0.29) is 24.9 Å². The van der Waals surface area contributed by atoms with E-state index in [2.05, 4.69) is 9.88 Å². The molecule has 0 radical (unpaired) electrons. The lowest BCUT2D eigenvalue weighted by Crippen LogP contribution is -2.42. The van der Waals surface area contributed by atoms with Crippen LogP contribution >= 0.6 is 0 Å². The van der Waals surface area contributed by atoms with Crippen LogP contribution in [0.4, 0.5) is 4.79 Å². The third-order valence-corrected chi connectivity index (χ3v) is 3.67. The number of hydrogen-bond acceptors (Lipinski definition) is 3. The number of fused-ring (bicyclic) bond motifs is 1. The average Bonchev–Trinajstić information content (AvgIpc) is 2.86. The van der Waals surface area contributed by atoms with Crippen LogP contribution in [0.2, 0.25) is 0 Å². The Labute approximate surface area is 131 Å². The number of ether oxygens (including phenoxy) is 1. The van der Waals surface area contributed by atoms with Gasteiger partial charge in [0.15, 0.2) is 0 Å². The van der Waals surface area contributed by atoms with Crippen molar-refractivity contribution in [3.63, 3.8) is 0 Å². The van der Waals surface area contributed by atoms with Gasteiger partial charge in [-0.05, 0) is 39.8 Å². The molecule has 0 aliphatic carbocycles. The first kappa shape index (κ1) is 16.4. The number of alkyl carbamates (subject to hydrolysis) is 1. The lowest BCUT2D eigenvalue weighted by Gasteiger charge is -2.35. The zero-order valence-corrected chi connectivity index (χ0v) is 13.8. The highest BCUT2D eigenvalue weighted by molar-refractivity contribution is 5.77. The zero-order valence-electron chi connectivity index (χ0n) is 13.8. The number of rotatable bonds is 3. The molecular formula is C16H25N3O3. The molecule has 0 saturated heterocycles. The molecule has 0 aromatic carbocycles. The second kappa shape index (κ2) is 6.42. The van der Waals surface area contributed by atoms with Gasteiger partial charge >= 0.3 is 6.09 Å². The lowest BCUT2D eigenvalue weighted by atomic mass is 10.1. The summed E-state index contributed by atoms with van der Waals surface area (Å²) < 4.78 is 7.32. The molecule has 122 valence electrons. The van der Waals surface area contributed by atoms with Crippen LogP contribution in [-0.2, 0) is 16.1 Å². The van der Waals surface area contributed by atoms with Crippen LogP contribution in [0.15, 0.2) is 18.3 Å². The largest absolute Gasteiger partial charge is 0.444 e. The fraction of sp³-hybridized carbons (Fsp3) is 0.625. The van der Waals surface area contributed by atoms with Gasteiger partial charge in [0.1, 0.15) is 5.60 Å². The molecule has 0 saturated carbocycles. The first-order chi connectivity index (χ1) is 10.3. The van der Waals surface area contributed by atoms with Crippen LogP contribution in [0.5, 0.6) is 0 Å². The maximum Gasteiger partial charge on any atom is 0.407 e. The first-order valence-electron chi connectivity index (χ1n) is 7.69. The highest BCUT2D eigenvalue weighted by atomic mass is 16.6. The Kier molecular flexibility index (Phi) is 4.78. The summed E-state index contributed by atoms with van der Waals surface area (Å²) in [6.45, 7) is 9.26. The van der Waals surface area contributed by atoms with E-state index in [1.807, 2.05) is 50.9 Å². The monoisotopic (exact) mass is 307 g/mol. The molecule has 1 aromatic heterocycles. The summed E-state index contributed by atoms with van der Waals surface area (Å²) in [4.78, 5) is 25.7. The number of hydrogen-bond donors (Lipinski definition) is 1. The molecule has 6 heteroatoms. The van der Waals surface area contributed by atoms with E-state index in [4.69, 9.17) is 4.74 Å². The molecule has 2 amide bonds. The van der Waals surface area contributed by atoms with Gasteiger partial charge in [-0.1, -0.05) is 0 Å². The maximum absolute atomic E-state index is 12.3. The minimum absolute atomic E-state index is 0.0519. The second-order valence-electron chi connectivity index (χ2n) is 6.57. The molecule has 22 heavy (non-hydrogen) atoms. The third kappa shape index (κ3) is 4.02. The second-order valence-corrected chi connectivity index (χ2v) is 6.57. The molecule has 1 aromatic rings. The van der Waals surface area contributed by atoms with E-state index in [1.54, 1.807) is 0 Å². The molecule has 2 rings (SSSR count). The Bertz CT molecular complexity index is 545. The standard InChI is InChI=1S/C16H25N3O3/c1-12-13-6-5-9-18(13)10-11-19(12)14(20)7-8-17-15(21)22-16(2,3)4/h5-6,9,12H,7-8,10-11H2,1-4H3,(H,17,21)/t12-/m1/s1. The Hall–Kier alpha value is -1.98. The van der Waals surface area contributed by atoms with Crippen molar-refractivity contribution in [1.82, 2.24) is 14.8 Å². The average molecular weight is 307 g/mol. The maximum atomic E-state index is 12.3. The molecule has 2 heterocycles. The fourth-order valence-electron chi connectivity index (χ4n) is 2.65. The minimum Gasteiger partial charge on any atom is -0.444 e. The van der Waals surface area contributed by atoms with E-state index in [0.717, 1.165) is 12.2 Å². The molecule has 0 bridgehead atoms. The Morgan fingerprint density at radius 1 is 1.36 bits per heavy atom. The number of nitrogens with zero attached hydrogens (tertiary/aromatic N) is 2. The van der Waals surface area contributed by atoms with Crippen LogP contribution in [0, 0.1) is 0 Å². The fourth-order valence-corrected chi connectivity index (χ4v) is 2.65. The van der Waals surface area contributed by atoms with Gasteiger partial charge in [-0.25, -0.2) is 4.79 Å². The molecule has 1 N–H and O–H groups in total. The highest BCUT2D eigenvalue weighted by Gasteiger charge is 2.27. The van der Waals surface area contributed by atoms with Crippen molar-refractivity contribution < 1.29 is 14.3 Å². The Balaban J connectivity index is 1.80. The van der Waals surface area contributed by atoms with Crippen molar-refractivity contribution in [1.29, 1.82) is 0 Å². The summed E-state index contributed by atoms with van der Waals surface area (Å²) in [7, 11) is 0. The number of carbonyl (C=O) groups excluding carboxylic acids is 2. The lowest BCUT2D eigenvalue weighted by molar-refractivity contribution is -0.134. The van der Waals surface area contributed by atoms with Crippen molar-refractivity contribution in [3.05, 3.63) is 24.0 Å². The SMILES string of the molecule is C[C@@H]1c2cccn2CCN1C(=O)CCNC(=O)OC(C)(C)C. The minimum atomic E-state index is -0.527. The van der Waals surface area contributed by atoms with Gasteiger partial charge in [-0.15, -0.1) is 0 Å². The van der Waals surface area contributed by atoms with Gasteiger partial charge in [0.25, 0.3) is 0 Å². The van der Waals surface area contributed by atoms with E-state index in [1.165, 1.54) is 0 Å². The van der Waals surface area contributed by atoms with Crippen molar-refractivity contribution in [3.8, 4) is 0 Å². The van der Waals surface area contributed by atoms with Crippen molar-refractivity contribution in [2.24, 2.45) is 0 Å². The van der Waals surface area contributed by atoms with Gasteiger partial charge < -0.3 is 19.5 Å². The summed E-state index contributed by atoms with van der Waals surface area (Å²) in [6.07, 6.45) is 1.84. The summed E-state index contributed by atoms with van der Waals surface area (Å²) in [5.41, 5.74) is 0.626. The van der Waals surface area contributed by atoms with Gasteiger partial charge in [0.05, 0.1) is 6.04 Å². The number of nitrogens with one attached hydrogen (secondary N) is 1. The molecule has 0 spiro atoms. The molecule has 0 fully saturated rings. The molecular weight excluding hydrogens is 282 g/mol. The van der Waals surface area contributed by atoms with E-state index >= 15 is 0 Å². The first-order valence-corrected chi connectivity index (χ1v) is 7.69. The number of amides is 2. The predicted octanol–water partition coefficient (Wildman–Crippen LogP) is 2.31. The smallest absolute Gasteiger partial charge is 0.407 e. The van der Waals surface area contributed by atoms with Gasteiger partial charge in [0.2, 0.25) is 5.91 Å². The van der Waals surface area contributed by atoms with Crippen LogP contribution in [-0.4, -0.2) is 40.2 Å².